The molecule has 0 aliphatic rings. The van der Waals surface area contributed by atoms with Crippen molar-refractivity contribution in [2.24, 2.45) is 0 Å². The molecule has 0 atom stereocenters. The molecule has 0 spiro atoms. The van der Waals surface area contributed by atoms with Crippen LogP contribution in [0.2, 0.25) is 0 Å². The second kappa shape index (κ2) is 4.00. The molecule has 0 heterocycles. The molecule has 2 nitrogen and oxygen atoms in total. The van der Waals surface area contributed by atoms with Gasteiger partial charge in [0.25, 0.3) is 0 Å². The summed E-state index contributed by atoms with van der Waals surface area (Å²) in [5.41, 5.74) is 0.116. The third-order valence-electron chi connectivity index (χ3n) is 1.71. The molecule has 0 amide bonds. The third kappa shape index (κ3) is 2.16. The Bertz CT molecular complexity index is 397. The highest BCUT2D eigenvalue weighted by Crippen LogP contribution is 2.16. The molecule has 14 heavy (non-hydrogen) atoms. The number of aryl methyl sites for hydroxylation is 1. The van der Waals surface area contributed by atoms with E-state index in [0.29, 0.717) is 0 Å². The monoisotopic (exact) mass is 198 g/mol. The minimum atomic E-state index is -1.20. The molecule has 0 bridgehead atoms. The number of carboxylic acids is 1. The lowest BCUT2D eigenvalue weighted by Gasteiger charge is -2.00. The van der Waals surface area contributed by atoms with Crippen LogP contribution in [0.25, 0.3) is 6.08 Å². The fraction of sp³-hybridized carbons (Fsp3) is 0.100. The Morgan fingerprint density at radius 1 is 1.36 bits per heavy atom. The minimum absolute atomic E-state index is 0.0736. The molecule has 0 radical (unpaired) electrons. The van der Waals surface area contributed by atoms with E-state index in [4.69, 9.17) is 5.11 Å². The van der Waals surface area contributed by atoms with Gasteiger partial charge in [0.05, 0.1) is 0 Å². The van der Waals surface area contributed by atoms with Gasteiger partial charge in [-0.25, -0.2) is 13.6 Å². The van der Waals surface area contributed by atoms with Crippen LogP contribution in [0.3, 0.4) is 0 Å². The number of hydrogen-bond donors (Lipinski definition) is 1. The van der Waals surface area contributed by atoms with E-state index in [1.807, 2.05) is 0 Å². The van der Waals surface area contributed by atoms with Gasteiger partial charge in [-0.15, -0.1) is 0 Å². The summed E-state index contributed by atoms with van der Waals surface area (Å²) in [5.74, 6) is -3.18. The molecular weight excluding hydrogens is 190 g/mol. The lowest BCUT2D eigenvalue weighted by atomic mass is 10.1. The van der Waals surface area contributed by atoms with Crippen LogP contribution in [-0.4, -0.2) is 11.1 Å². The Morgan fingerprint density at radius 3 is 2.57 bits per heavy atom. The molecule has 1 rings (SSSR count). The molecule has 1 aromatic rings. The molecule has 4 heteroatoms. The minimum Gasteiger partial charge on any atom is -0.478 e. The largest absolute Gasteiger partial charge is 0.478 e. The van der Waals surface area contributed by atoms with Crippen LogP contribution in [-0.2, 0) is 4.79 Å². The maximum absolute atomic E-state index is 13.1. The van der Waals surface area contributed by atoms with E-state index in [-0.39, 0.29) is 11.1 Å². The first-order valence-corrected chi connectivity index (χ1v) is 3.88. The summed E-state index contributed by atoms with van der Waals surface area (Å²) >= 11 is 0. The topological polar surface area (TPSA) is 37.3 Å². The Balaban J connectivity index is 3.12. The maximum Gasteiger partial charge on any atom is 0.328 e. The molecule has 1 N–H and O–H groups in total. The number of carboxylic acid groups (broad SMARTS) is 1. The van der Waals surface area contributed by atoms with Gasteiger partial charge in [0.1, 0.15) is 0 Å². The van der Waals surface area contributed by atoms with Crippen LogP contribution < -0.4 is 0 Å². The number of aliphatic carboxylic acids is 1. The zero-order valence-electron chi connectivity index (χ0n) is 7.42. The van der Waals surface area contributed by atoms with Crippen molar-refractivity contribution in [1.82, 2.24) is 0 Å². The van der Waals surface area contributed by atoms with Gasteiger partial charge in [-0.05, 0) is 18.6 Å². The van der Waals surface area contributed by atoms with Gasteiger partial charge in [-0.1, -0.05) is 12.1 Å². The molecule has 0 saturated heterocycles. The van der Waals surface area contributed by atoms with E-state index >= 15 is 0 Å². The highest BCUT2D eigenvalue weighted by Gasteiger charge is 2.08. The van der Waals surface area contributed by atoms with Gasteiger partial charge >= 0.3 is 5.97 Å². The molecule has 74 valence electrons. The van der Waals surface area contributed by atoms with Crippen LogP contribution in [0, 0.1) is 18.6 Å². The fourth-order valence-electron chi connectivity index (χ4n) is 0.951. The first kappa shape index (κ1) is 10.4. The van der Waals surface area contributed by atoms with Gasteiger partial charge < -0.3 is 5.11 Å². The van der Waals surface area contributed by atoms with E-state index < -0.39 is 17.6 Å². The summed E-state index contributed by atoms with van der Waals surface area (Å²) in [7, 11) is 0. The summed E-state index contributed by atoms with van der Waals surface area (Å²) < 4.78 is 26.1. The smallest absolute Gasteiger partial charge is 0.328 e. The van der Waals surface area contributed by atoms with Crippen molar-refractivity contribution in [1.29, 1.82) is 0 Å². The zero-order valence-corrected chi connectivity index (χ0v) is 7.42. The molecule has 0 saturated carbocycles. The van der Waals surface area contributed by atoms with Crippen LogP contribution in [0.5, 0.6) is 0 Å². The normalized spacial score (nSPS) is 10.8. The first-order chi connectivity index (χ1) is 6.52. The Hall–Kier alpha value is -1.71. The maximum atomic E-state index is 13.1. The standard InChI is InChI=1S/C10H8F2O2/c1-6-2-3-7(4-5-8(13)14)10(12)9(6)11/h2-5H,1H3,(H,13,14). The van der Waals surface area contributed by atoms with Crippen LogP contribution in [0.15, 0.2) is 18.2 Å². The van der Waals surface area contributed by atoms with E-state index in [1.54, 1.807) is 0 Å². The summed E-state index contributed by atoms with van der Waals surface area (Å²) in [6.07, 6.45) is 1.77. The molecule has 0 unspecified atom stereocenters. The number of rotatable bonds is 2. The first-order valence-electron chi connectivity index (χ1n) is 3.88. The second-order valence-corrected chi connectivity index (χ2v) is 2.77. The SMILES string of the molecule is Cc1ccc(C=CC(=O)O)c(F)c1F. The van der Waals surface area contributed by atoms with Crippen molar-refractivity contribution in [3.8, 4) is 0 Å². The number of hydrogen-bond acceptors (Lipinski definition) is 1. The average molecular weight is 198 g/mol. The van der Waals surface area contributed by atoms with Gasteiger partial charge in [0.15, 0.2) is 11.6 Å². The van der Waals surface area contributed by atoms with Crippen molar-refractivity contribution in [2.75, 3.05) is 0 Å². The van der Waals surface area contributed by atoms with Gasteiger partial charge in [0.2, 0.25) is 0 Å². The van der Waals surface area contributed by atoms with Gasteiger partial charge in [-0.2, -0.15) is 0 Å². The molecule has 1 aromatic carbocycles. The van der Waals surface area contributed by atoms with Crippen molar-refractivity contribution in [3.63, 3.8) is 0 Å². The second-order valence-electron chi connectivity index (χ2n) is 2.77. The molecular formula is C10H8F2O2. The van der Waals surface area contributed by atoms with E-state index in [0.717, 1.165) is 12.2 Å². The number of halogens is 2. The summed E-state index contributed by atoms with van der Waals surface area (Å²) in [6.45, 7) is 1.43. The molecule has 0 fully saturated rings. The van der Waals surface area contributed by atoms with Gasteiger partial charge in [-0.3, -0.25) is 0 Å². The molecule has 0 aromatic heterocycles. The lowest BCUT2D eigenvalue weighted by Crippen LogP contribution is -1.93. The Labute approximate surface area is 79.5 Å². The number of benzene rings is 1. The van der Waals surface area contributed by atoms with E-state index in [1.165, 1.54) is 19.1 Å². The zero-order chi connectivity index (χ0) is 10.7. The highest BCUT2D eigenvalue weighted by atomic mass is 19.2. The lowest BCUT2D eigenvalue weighted by molar-refractivity contribution is -0.131. The predicted molar refractivity (Wildman–Crippen MR) is 47.8 cm³/mol. The Morgan fingerprint density at radius 2 is 2.00 bits per heavy atom. The predicted octanol–water partition coefficient (Wildman–Crippen LogP) is 2.37. The van der Waals surface area contributed by atoms with Gasteiger partial charge in [0, 0.05) is 11.6 Å². The fourth-order valence-corrected chi connectivity index (χ4v) is 0.951. The van der Waals surface area contributed by atoms with Crippen molar-refractivity contribution >= 4 is 12.0 Å². The van der Waals surface area contributed by atoms with Crippen molar-refractivity contribution in [3.05, 3.63) is 41.0 Å². The summed E-state index contributed by atoms with van der Waals surface area (Å²) in [6, 6.07) is 2.72. The van der Waals surface area contributed by atoms with Crippen LogP contribution in [0.4, 0.5) is 8.78 Å². The van der Waals surface area contributed by atoms with Crippen molar-refractivity contribution < 1.29 is 18.7 Å². The van der Waals surface area contributed by atoms with Crippen molar-refractivity contribution in [2.45, 2.75) is 6.92 Å². The quantitative estimate of drug-likeness (QED) is 0.740. The third-order valence-corrected chi connectivity index (χ3v) is 1.71. The molecule has 0 aliphatic carbocycles. The Kier molecular flexibility index (Phi) is 2.96. The summed E-state index contributed by atoms with van der Waals surface area (Å²) in [4.78, 5) is 10.1. The van der Waals surface area contributed by atoms with Crippen LogP contribution >= 0.6 is 0 Å². The van der Waals surface area contributed by atoms with E-state index in [9.17, 15) is 13.6 Å². The average Bonchev–Trinajstić information content (AvgIpc) is 2.13. The van der Waals surface area contributed by atoms with Crippen LogP contribution in [0.1, 0.15) is 11.1 Å². The molecule has 0 aliphatic heterocycles. The highest BCUT2D eigenvalue weighted by molar-refractivity contribution is 5.85. The number of carbonyl (C=O) groups is 1. The van der Waals surface area contributed by atoms with E-state index in [2.05, 4.69) is 0 Å². The summed E-state index contributed by atoms with van der Waals surface area (Å²) in [5, 5.41) is 8.29.